The standard InChI is InChI=1S/C15H18FNO2S/c1-2-5-12-14(10-18)20-15(17-12)8-9-19-13-7-4-3-6-11(13)16/h3-4,6-7,18H,2,5,8-10H2,1H3. The molecule has 0 unspecified atom stereocenters. The Bertz CT molecular complexity index is 557. The lowest BCUT2D eigenvalue weighted by Crippen LogP contribution is -2.02. The van der Waals surface area contributed by atoms with E-state index in [4.69, 9.17) is 4.74 Å². The van der Waals surface area contributed by atoms with Crippen LogP contribution in [0, 0.1) is 5.82 Å². The maximum atomic E-state index is 13.4. The van der Waals surface area contributed by atoms with Crippen molar-refractivity contribution in [2.24, 2.45) is 0 Å². The lowest BCUT2D eigenvalue weighted by molar-refractivity contribution is 0.284. The van der Waals surface area contributed by atoms with Gasteiger partial charge >= 0.3 is 0 Å². The molecule has 1 aromatic carbocycles. The highest BCUT2D eigenvalue weighted by atomic mass is 32.1. The van der Waals surface area contributed by atoms with E-state index in [0.29, 0.717) is 13.0 Å². The highest BCUT2D eigenvalue weighted by Gasteiger charge is 2.10. The Morgan fingerprint density at radius 2 is 2.10 bits per heavy atom. The Morgan fingerprint density at radius 3 is 2.80 bits per heavy atom. The Hall–Kier alpha value is -1.46. The number of nitrogens with zero attached hydrogens (tertiary/aromatic N) is 1. The maximum absolute atomic E-state index is 13.4. The number of hydrogen-bond acceptors (Lipinski definition) is 4. The van der Waals surface area contributed by atoms with Crippen molar-refractivity contribution in [2.75, 3.05) is 6.61 Å². The summed E-state index contributed by atoms with van der Waals surface area (Å²) < 4.78 is 18.8. The number of aromatic nitrogens is 1. The van der Waals surface area contributed by atoms with Crippen LogP contribution in [0.4, 0.5) is 4.39 Å². The lowest BCUT2D eigenvalue weighted by atomic mass is 10.2. The molecule has 0 aliphatic carbocycles. The van der Waals surface area contributed by atoms with Gasteiger partial charge in [-0.05, 0) is 18.6 Å². The zero-order chi connectivity index (χ0) is 14.4. The van der Waals surface area contributed by atoms with Gasteiger partial charge in [0.2, 0.25) is 0 Å². The fourth-order valence-electron chi connectivity index (χ4n) is 1.91. The van der Waals surface area contributed by atoms with Gasteiger partial charge in [-0.1, -0.05) is 25.5 Å². The molecule has 0 fully saturated rings. The molecule has 3 nitrogen and oxygen atoms in total. The first-order valence-corrected chi connectivity index (χ1v) is 7.52. The van der Waals surface area contributed by atoms with Crippen molar-refractivity contribution in [1.29, 1.82) is 0 Å². The van der Waals surface area contributed by atoms with Crippen LogP contribution in [0.15, 0.2) is 24.3 Å². The summed E-state index contributed by atoms with van der Waals surface area (Å²) in [6.45, 7) is 2.49. The van der Waals surface area contributed by atoms with Crippen molar-refractivity contribution in [3.63, 3.8) is 0 Å². The van der Waals surface area contributed by atoms with E-state index in [2.05, 4.69) is 11.9 Å². The number of thiazole rings is 1. The van der Waals surface area contributed by atoms with E-state index in [0.717, 1.165) is 28.4 Å². The highest BCUT2D eigenvalue weighted by Crippen LogP contribution is 2.21. The molecule has 0 radical (unpaired) electrons. The second-order valence-corrected chi connectivity index (χ2v) is 5.58. The largest absolute Gasteiger partial charge is 0.490 e. The van der Waals surface area contributed by atoms with E-state index in [-0.39, 0.29) is 18.2 Å². The zero-order valence-electron chi connectivity index (χ0n) is 11.4. The molecule has 1 N–H and O–H groups in total. The second kappa shape index (κ2) is 7.36. The van der Waals surface area contributed by atoms with Crippen molar-refractivity contribution in [2.45, 2.75) is 32.8 Å². The van der Waals surface area contributed by atoms with Gasteiger partial charge in [-0.15, -0.1) is 11.3 Å². The molecular formula is C15H18FNO2S. The van der Waals surface area contributed by atoms with E-state index < -0.39 is 0 Å². The third-order valence-electron chi connectivity index (χ3n) is 2.86. The van der Waals surface area contributed by atoms with E-state index in [9.17, 15) is 9.50 Å². The average molecular weight is 295 g/mol. The van der Waals surface area contributed by atoms with Crippen molar-refractivity contribution in [3.8, 4) is 5.75 Å². The molecular weight excluding hydrogens is 277 g/mol. The first-order valence-electron chi connectivity index (χ1n) is 6.70. The monoisotopic (exact) mass is 295 g/mol. The predicted molar refractivity (Wildman–Crippen MR) is 77.6 cm³/mol. The molecule has 0 amide bonds. The van der Waals surface area contributed by atoms with Gasteiger partial charge < -0.3 is 9.84 Å². The molecule has 0 saturated carbocycles. The van der Waals surface area contributed by atoms with Crippen molar-refractivity contribution >= 4 is 11.3 Å². The molecule has 2 rings (SSSR count). The van der Waals surface area contributed by atoms with Crippen LogP contribution < -0.4 is 4.74 Å². The quantitative estimate of drug-likeness (QED) is 0.852. The molecule has 0 aliphatic heterocycles. The fourth-order valence-corrected chi connectivity index (χ4v) is 2.87. The molecule has 1 heterocycles. The number of benzene rings is 1. The maximum Gasteiger partial charge on any atom is 0.165 e. The van der Waals surface area contributed by atoms with E-state index in [1.165, 1.54) is 17.4 Å². The van der Waals surface area contributed by atoms with Crippen LogP contribution in [0.5, 0.6) is 5.75 Å². The van der Waals surface area contributed by atoms with Crippen LogP contribution in [-0.4, -0.2) is 16.7 Å². The number of hydrogen-bond donors (Lipinski definition) is 1. The lowest BCUT2D eigenvalue weighted by Gasteiger charge is -2.05. The molecule has 0 aliphatic rings. The molecule has 20 heavy (non-hydrogen) atoms. The van der Waals surface area contributed by atoms with Gasteiger partial charge in [-0.3, -0.25) is 0 Å². The molecule has 0 bridgehead atoms. The van der Waals surface area contributed by atoms with Crippen LogP contribution in [0.2, 0.25) is 0 Å². The summed E-state index contributed by atoms with van der Waals surface area (Å²) in [5.74, 6) is -0.0884. The number of aliphatic hydroxyl groups excluding tert-OH is 1. The Morgan fingerprint density at radius 1 is 1.30 bits per heavy atom. The van der Waals surface area contributed by atoms with Crippen molar-refractivity contribution in [1.82, 2.24) is 4.98 Å². The summed E-state index contributed by atoms with van der Waals surface area (Å²) >= 11 is 1.50. The van der Waals surface area contributed by atoms with Crippen molar-refractivity contribution in [3.05, 3.63) is 45.7 Å². The first-order chi connectivity index (χ1) is 9.74. The summed E-state index contributed by atoms with van der Waals surface area (Å²) in [5, 5.41) is 10.2. The molecule has 0 spiro atoms. The topological polar surface area (TPSA) is 42.4 Å². The fraction of sp³-hybridized carbons (Fsp3) is 0.400. The third kappa shape index (κ3) is 3.77. The SMILES string of the molecule is CCCc1nc(CCOc2ccccc2F)sc1CO. The summed E-state index contributed by atoms with van der Waals surface area (Å²) in [4.78, 5) is 5.43. The van der Waals surface area contributed by atoms with Crippen molar-refractivity contribution < 1.29 is 14.2 Å². The predicted octanol–water partition coefficient (Wildman–Crippen LogP) is 3.35. The summed E-state index contributed by atoms with van der Waals surface area (Å²) in [6.07, 6.45) is 2.50. The van der Waals surface area contributed by atoms with Crippen LogP contribution in [0.25, 0.3) is 0 Å². The third-order valence-corrected chi connectivity index (χ3v) is 4.01. The second-order valence-electron chi connectivity index (χ2n) is 4.41. The minimum Gasteiger partial charge on any atom is -0.490 e. The smallest absolute Gasteiger partial charge is 0.165 e. The minimum atomic E-state index is -0.352. The van der Waals surface area contributed by atoms with E-state index in [1.54, 1.807) is 18.2 Å². The van der Waals surface area contributed by atoms with Gasteiger partial charge in [-0.2, -0.15) is 0 Å². The number of para-hydroxylation sites is 1. The van der Waals surface area contributed by atoms with Gasteiger partial charge in [0.25, 0.3) is 0 Å². The molecule has 2 aromatic rings. The average Bonchev–Trinajstić information content (AvgIpc) is 2.84. The molecule has 5 heteroatoms. The number of ether oxygens (including phenoxy) is 1. The Balaban J connectivity index is 1.92. The highest BCUT2D eigenvalue weighted by molar-refractivity contribution is 7.11. The van der Waals surface area contributed by atoms with Gasteiger partial charge in [0, 0.05) is 6.42 Å². The first kappa shape index (κ1) is 14.9. The molecule has 1 aromatic heterocycles. The van der Waals surface area contributed by atoms with E-state index >= 15 is 0 Å². The molecule has 0 atom stereocenters. The van der Waals surface area contributed by atoms with E-state index in [1.807, 2.05) is 0 Å². The molecule has 108 valence electrons. The summed E-state index contributed by atoms with van der Waals surface area (Å²) in [5.41, 5.74) is 0.973. The zero-order valence-corrected chi connectivity index (χ0v) is 12.3. The van der Waals surface area contributed by atoms with Gasteiger partial charge in [0.05, 0.1) is 28.8 Å². The number of rotatable bonds is 7. The Kier molecular flexibility index (Phi) is 5.49. The van der Waals surface area contributed by atoms with Crippen LogP contribution in [0.1, 0.15) is 28.9 Å². The number of halogens is 1. The van der Waals surface area contributed by atoms with Gasteiger partial charge in [0.15, 0.2) is 11.6 Å². The summed E-state index contributed by atoms with van der Waals surface area (Å²) in [7, 11) is 0. The molecule has 0 saturated heterocycles. The Labute approximate surface area is 122 Å². The minimum absolute atomic E-state index is 0.0289. The van der Waals surface area contributed by atoms with Crippen LogP contribution in [-0.2, 0) is 19.4 Å². The van der Waals surface area contributed by atoms with Gasteiger partial charge in [-0.25, -0.2) is 9.37 Å². The van der Waals surface area contributed by atoms with Crippen LogP contribution in [0.3, 0.4) is 0 Å². The van der Waals surface area contributed by atoms with Gasteiger partial charge in [0.1, 0.15) is 0 Å². The summed E-state index contributed by atoms with van der Waals surface area (Å²) in [6, 6.07) is 6.36. The van der Waals surface area contributed by atoms with Crippen LogP contribution >= 0.6 is 11.3 Å². The number of aliphatic hydroxyl groups is 1. The number of aryl methyl sites for hydroxylation is 1. The normalized spacial score (nSPS) is 10.8.